The summed E-state index contributed by atoms with van der Waals surface area (Å²) >= 11 is 0. The molecule has 5 heteroatoms. The molecule has 1 amide bonds. The summed E-state index contributed by atoms with van der Waals surface area (Å²) in [6.45, 7) is 3.79. The van der Waals surface area contributed by atoms with E-state index in [0.29, 0.717) is 6.54 Å². The third kappa shape index (κ3) is 4.78. The van der Waals surface area contributed by atoms with E-state index in [4.69, 9.17) is 5.11 Å². The van der Waals surface area contributed by atoms with Crippen LogP contribution in [0.25, 0.3) is 0 Å². The van der Waals surface area contributed by atoms with Crippen LogP contribution in [0.3, 0.4) is 0 Å². The van der Waals surface area contributed by atoms with Gasteiger partial charge in [0.2, 0.25) is 5.91 Å². The van der Waals surface area contributed by atoms with Gasteiger partial charge in [-0.25, -0.2) is 0 Å². The minimum Gasteiger partial charge on any atom is -0.481 e. The van der Waals surface area contributed by atoms with Crippen molar-refractivity contribution in [2.45, 2.75) is 32.2 Å². The van der Waals surface area contributed by atoms with Crippen LogP contribution in [0.2, 0.25) is 0 Å². The number of hydrogen-bond acceptors (Lipinski definition) is 3. The van der Waals surface area contributed by atoms with Gasteiger partial charge in [-0.1, -0.05) is 0 Å². The summed E-state index contributed by atoms with van der Waals surface area (Å²) in [5.74, 6) is -0.781. The highest BCUT2D eigenvalue weighted by molar-refractivity contribution is 5.73. The smallest absolute Gasteiger partial charge is 0.304 e. The first-order valence-corrected chi connectivity index (χ1v) is 5.29. The summed E-state index contributed by atoms with van der Waals surface area (Å²) in [7, 11) is 0. The molecule has 0 aliphatic carbocycles. The van der Waals surface area contributed by atoms with Crippen molar-refractivity contribution in [2.75, 3.05) is 19.6 Å². The molecule has 5 nitrogen and oxygen atoms in total. The van der Waals surface area contributed by atoms with Crippen molar-refractivity contribution < 1.29 is 14.7 Å². The van der Waals surface area contributed by atoms with Crippen LogP contribution in [0, 0.1) is 0 Å². The van der Waals surface area contributed by atoms with E-state index in [1.807, 2.05) is 0 Å². The summed E-state index contributed by atoms with van der Waals surface area (Å²) in [6.07, 6.45) is 2.18. The molecule has 1 fully saturated rings. The Kier molecular flexibility index (Phi) is 4.55. The van der Waals surface area contributed by atoms with E-state index >= 15 is 0 Å². The second kappa shape index (κ2) is 5.70. The number of likely N-dealkylation sites (tertiary alicyclic amines) is 1. The Morgan fingerprint density at radius 1 is 1.53 bits per heavy atom. The van der Waals surface area contributed by atoms with Crippen LogP contribution < -0.4 is 5.32 Å². The summed E-state index contributed by atoms with van der Waals surface area (Å²) in [5, 5.41) is 11.4. The molecule has 0 aromatic carbocycles. The number of rotatable bonds is 4. The normalized spacial score (nSPS) is 22.3. The maximum Gasteiger partial charge on any atom is 0.304 e. The van der Waals surface area contributed by atoms with Gasteiger partial charge in [-0.05, 0) is 19.4 Å². The van der Waals surface area contributed by atoms with Gasteiger partial charge in [0, 0.05) is 26.1 Å². The average Bonchev–Trinajstić information content (AvgIpc) is 2.14. The average molecular weight is 214 g/mol. The summed E-state index contributed by atoms with van der Waals surface area (Å²) in [5.41, 5.74) is 0. The van der Waals surface area contributed by atoms with Gasteiger partial charge < -0.3 is 15.3 Å². The number of nitrogens with one attached hydrogen (secondary N) is 1. The predicted octanol–water partition coefficient (Wildman–Crippen LogP) is 0.0616. The molecule has 0 bridgehead atoms. The Hall–Kier alpha value is -1.10. The molecule has 1 aliphatic rings. The van der Waals surface area contributed by atoms with Crippen molar-refractivity contribution in [1.29, 1.82) is 0 Å². The monoisotopic (exact) mass is 214 g/mol. The minimum atomic E-state index is -0.767. The first kappa shape index (κ1) is 12.0. The first-order valence-electron chi connectivity index (χ1n) is 5.29. The van der Waals surface area contributed by atoms with Gasteiger partial charge in [-0.15, -0.1) is 0 Å². The van der Waals surface area contributed by atoms with Crippen molar-refractivity contribution in [2.24, 2.45) is 0 Å². The van der Waals surface area contributed by atoms with Gasteiger partial charge in [0.25, 0.3) is 0 Å². The molecule has 1 atom stereocenters. The van der Waals surface area contributed by atoms with Gasteiger partial charge in [0.1, 0.15) is 0 Å². The van der Waals surface area contributed by atoms with Crippen molar-refractivity contribution in [3.05, 3.63) is 0 Å². The zero-order valence-corrected chi connectivity index (χ0v) is 9.03. The molecule has 0 aromatic heterocycles. The zero-order valence-electron chi connectivity index (χ0n) is 9.03. The molecule has 0 aromatic rings. The quantitative estimate of drug-likeness (QED) is 0.694. The van der Waals surface area contributed by atoms with Crippen LogP contribution >= 0.6 is 0 Å². The van der Waals surface area contributed by atoms with Crippen LogP contribution in [-0.2, 0) is 9.59 Å². The lowest BCUT2D eigenvalue weighted by atomic mass is 10.1. The lowest BCUT2D eigenvalue weighted by Crippen LogP contribution is -2.47. The number of carboxylic acids is 1. The zero-order chi connectivity index (χ0) is 11.3. The number of aliphatic carboxylic acids is 1. The fourth-order valence-electron chi connectivity index (χ4n) is 1.92. The third-order valence-corrected chi connectivity index (χ3v) is 2.55. The van der Waals surface area contributed by atoms with Crippen LogP contribution in [-0.4, -0.2) is 47.6 Å². The molecule has 86 valence electrons. The molecule has 1 heterocycles. The van der Waals surface area contributed by atoms with E-state index < -0.39 is 5.97 Å². The lowest BCUT2D eigenvalue weighted by molar-refractivity contribution is -0.137. The summed E-state index contributed by atoms with van der Waals surface area (Å²) in [6, 6.07) is 0.185. The molecule has 1 saturated heterocycles. The largest absolute Gasteiger partial charge is 0.481 e. The highest BCUT2D eigenvalue weighted by Gasteiger charge is 2.20. The Morgan fingerprint density at radius 3 is 2.87 bits per heavy atom. The number of amides is 1. The third-order valence-electron chi connectivity index (χ3n) is 2.55. The molecular weight excluding hydrogens is 196 g/mol. The Morgan fingerprint density at radius 2 is 2.27 bits per heavy atom. The van der Waals surface area contributed by atoms with Crippen LogP contribution in [0.4, 0.5) is 0 Å². The number of nitrogens with zero attached hydrogens (tertiary/aromatic N) is 1. The topological polar surface area (TPSA) is 69.6 Å². The van der Waals surface area contributed by atoms with E-state index in [2.05, 4.69) is 10.2 Å². The molecule has 15 heavy (non-hydrogen) atoms. The van der Waals surface area contributed by atoms with E-state index in [9.17, 15) is 9.59 Å². The van der Waals surface area contributed by atoms with Crippen molar-refractivity contribution in [3.8, 4) is 0 Å². The summed E-state index contributed by atoms with van der Waals surface area (Å²) in [4.78, 5) is 23.4. The highest BCUT2D eigenvalue weighted by atomic mass is 16.4. The Labute approximate surface area is 89.4 Å². The van der Waals surface area contributed by atoms with Crippen molar-refractivity contribution >= 4 is 11.9 Å². The SMILES string of the molecule is CC(=O)NC1CCCN(CCC(=O)O)C1. The second-order valence-electron chi connectivity index (χ2n) is 3.98. The standard InChI is InChI=1S/C10H18N2O3/c1-8(13)11-9-3-2-5-12(7-9)6-4-10(14)15/h9H,2-7H2,1H3,(H,11,13)(H,14,15). The minimum absolute atomic E-state index is 0.0138. The van der Waals surface area contributed by atoms with E-state index in [1.54, 1.807) is 0 Å². The maximum absolute atomic E-state index is 10.9. The van der Waals surface area contributed by atoms with E-state index in [0.717, 1.165) is 25.9 Å². The number of carbonyl (C=O) groups excluding carboxylic acids is 1. The van der Waals surface area contributed by atoms with E-state index in [-0.39, 0.29) is 18.4 Å². The maximum atomic E-state index is 10.9. The molecule has 2 N–H and O–H groups in total. The number of carbonyl (C=O) groups is 2. The number of hydrogen-bond donors (Lipinski definition) is 2. The van der Waals surface area contributed by atoms with Gasteiger partial charge in [0.05, 0.1) is 6.42 Å². The van der Waals surface area contributed by atoms with Gasteiger partial charge in [0.15, 0.2) is 0 Å². The van der Waals surface area contributed by atoms with Gasteiger partial charge in [-0.2, -0.15) is 0 Å². The molecular formula is C10H18N2O3. The fraction of sp³-hybridized carbons (Fsp3) is 0.800. The summed E-state index contributed by atoms with van der Waals surface area (Å²) < 4.78 is 0. The number of carboxylic acid groups (broad SMARTS) is 1. The fourth-order valence-corrected chi connectivity index (χ4v) is 1.92. The second-order valence-corrected chi connectivity index (χ2v) is 3.98. The van der Waals surface area contributed by atoms with Crippen LogP contribution in [0.1, 0.15) is 26.2 Å². The molecule has 0 radical (unpaired) electrons. The molecule has 1 rings (SSSR count). The van der Waals surface area contributed by atoms with Gasteiger partial charge in [-0.3, -0.25) is 9.59 Å². The molecule has 1 unspecified atom stereocenters. The number of piperidine rings is 1. The van der Waals surface area contributed by atoms with Crippen molar-refractivity contribution in [3.63, 3.8) is 0 Å². The van der Waals surface area contributed by atoms with E-state index in [1.165, 1.54) is 6.92 Å². The first-order chi connectivity index (χ1) is 7.08. The molecule has 0 spiro atoms. The predicted molar refractivity (Wildman–Crippen MR) is 55.5 cm³/mol. The Balaban J connectivity index is 2.28. The highest BCUT2D eigenvalue weighted by Crippen LogP contribution is 2.10. The van der Waals surface area contributed by atoms with Crippen LogP contribution in [0.15, 0.2) is 0 Å². The molecule has 1 aliphatic heterocycles. The Bertz CT molecular complexity index is 243. The van der Waals surface area contributed by atoms with Gasteiger partial charge >= 0.3 is 5.97 Å². The lowest BCUT2D eigenvalue weighted by Gasteiger charge is -2.32. The van der Waals surface area contributed by atoms with Crippen LogP contribution in [0.5, 0.6) is 0 Å². The molecule has 0 saturated carbocycles. The van der Waals surface area contributed by atoms with Crippen molar-refractivity contribution in [1.82, 2.24) is 10.2 Å².